The number of nitrogens with zero attached hydrogens (tertiary/aromatic N) is 4. The first-order chi connectivity index (χ1) is 11.7. The minimum Gasteiger partial charge on any atom is -0.444 e. The first-order valence-electron chi connectivity index (χ1n) is 9.19. The van der Waals surface area contributed by atoms with Crippen molar-refractivity contribution in [2.45, 2.75) is 65.0 Å². The van der Waals surface area contributed by atoms with Gasteiger partial charge in [0.1, 0.15) is 5.60 Å². The fourth-order valence-electron chi connectivity index (χ4n) is 3.88. The van der Waals surface area contributed by atoms with Crippen LogP contribution in [0.25, 0.3) is 0 Å². The molecule has 2 heterocycles. The SMILES string of the molecule is Cc1ccc(N(C)C2CC3(CCN(C(=O)OC(C)(C)C)CC3)C2)nn1. The molecule has 1 spiro atoms. The average Bonchev–Trinajstić information content (AvgIpc) is 2.51. The summed E-state index contributed by atoms with van der Waals surface area (Å²) in [5.41, 5.74) is 0.901. The number of carbonyl (C=O) groups excluding carboxylic acids is 1. The molecule has 1 aliphatic carbocycles. The highest BCUT2D eigenvalue weighted by Gasteiger charge is 2.48. The standard InChI is InChI=1S/C19H30N4O2/c1-14-6-7-16(21-20-14)22(5)15-12-19(13-15)8-10-23(11-9-19)17(24)25-18(2,3)4/h6-7,15H,8-13H2,1-5H3. The zero-order valence-corrected chi connectivity index (χ0v) is 16.1. The Morgan fingerprint density at radius 3 is 2.40 bits per heavy atom. The van der Waals surface area contributed by atoms with Crippen LogP contribution in [0.1, 0.15) is 52.1 Å². The van der Waals surface area contributed by atoms with Gasteiger partial charge in [-0.2, -0.15) is 5.10 Å². The van der Waals surface area contributed by atoms with Crippen molar-refractivity contribution in [1.29, 1.82) is 0 Å². The molecule has 1 aliphatic heterocycles. The number of hydrogen-bond donors (Lipinski definition) is 0. The van der Waals surface area contributed by atoms with Gasteiger partial charge in [-0.05, 0) is 70.9 Å². The van der Waals surface area contributed by atoms with Gasteiger partial charge >= 0.3 is 6.09 Å². The van der Waals surface area contributed by atoms with E-state index in [4.69, 9.17) is 4.74 Å². The minimum absolute atomic E-state index is 0.176. The normalized spacial score (nSPS) is 20.3. The van der Waals surface area contributed by atoms with Gasteiger partial charge < -0.3 is 14.5 Å². The molecule has 2 aliphatic rings. The van der Waals surface area contributed by atoms with E-state index >= 15 is 0 Å². The Morgan fingerprint density at radius 2 is 1.88 bits per heavy atom. The highest BCUT2D eigenvalue weighted by molar-refractivity contribution is 5.68. The summed E-state index contributed by atoms with van der Waals surface area (Å²) in [6.45, 7) is 9.29. The molecule has 0 radical (unpaired) electrons. The monoisotopic (exact) mass is 346 g/mol. The lowest BCUT2D eigenvalue weighted by atomic mass is 9.60. The van der Waals surface area contributed by atoms with Crippen molar-refractivity contribution in [3.63, 3.8) is 0 Å². The lowest BCUT2D eigenvalue weighted by molar-refractivity contribution is -0.0116. The number of hydrogen-bond acceptors (Lipinski definition) is 5. The third-order valence-electron chi connectivity index (χ3n) is 5.51. The zero-order valence-electron chi connectivity index (χ0n) is 16.1. The third kappa shape index (κ3) is 4.05. The van der Waals surface area contributed by atoms with Gasteiger partial charge in [0.2, 0.25) is 0 Å². The molecule has 25 heavy (non-hydrogen) atoms. The number of rotatable bonds is 2. The van der Waals surface area contributed by atoms with Crippen molar-refractivity contribution in [1.82, 2.24) is 15.1 Å². The Morgan fingerprint density at radius 1 is 1.24 bits per heavy atom. The molecule has 1 aromatic heterocycles. The second-order valence-electron chi connectivity index (χ2n) is 8.67. The van der Waals surface area contributed by atoms with Crippen LogP contribution in [0, 0.1) is 12.3 Å². The molecule has 6 heteroatoms. The predicted octanol–water partition coefficient (Wildman–Crippen LogP) is 3.40. The van der Waals surface area contributed by atoms with Crippen LogP contribution in [-0.2, 0) is 4.74 Å². The highest BCUT2D eigenvalue weighted by Crippen LogP contribution is 2.51. The van der Waals surface area contributed by atoms with Crippen molar-refractivity contribution < 1.29 is 9.53 Å². The maximum Gasteiger partial charge on any atom is 0.410 e. The molecule has 0 unspecified atom stereocenters. The number of ether oxygens (including phenoxy) is 1. The molecule has 1 saturated carbocycles. The van der Waals surface area contributed by atoms with Crippen LogP contribution in [-0.4, -0.2) is 53.0 Å². The second-order valence-corrected chi connectivity index (χ2v) is 8.67. The first-order valence-corrected chi connectivity index (χ1v) is 9.19. The van der Waals surface area contributed by atoms with Crippen molar-refractivity contribution in [3.8, 4) is 0 Å². The van der Waals surface area contributed by atoms with Gasteiger partial charge in [-0.1, -0.05) is 0 Å². The first kappa shape index (κ1) is 18.0. The number of piperidine rings is 1. The summed E-state index contributed by atoms with van der Waals surface area (Å²) in [5.74, 6) is 0.941. The average molecular weight is 346 g/mol. The van der Waals surface area contributed by atoms with E-state index in [0.29, 0.717) is 11.5 Å². The molecule has 1 aromatic rings. The summed E-state index contributed by atoms with van der Waals surface area (Å²) in [6, 6.07) is 4.57. The van der Waals surface area contributed by atoms with Crippen LogP contribution in [0.3, 0.4) is 0 Å². The summed E-state index contributed by atoms with van der Waals surface area (Å²) >= 11 is 0. The predicted molar refractivity (Wildman–Crippen MR) is 97.7 cm³/mol. The topological polar surface area (TPSA) is 58.6 Å². The number of carbonyl (C=O) groups is 1. The second kappa shape index (κ2) is 6.46. The van der Waals surface area contributed by atoms with Gasteiger partial charge in [-0.25, -0.2) is 4.79 Å². The molecule has 0 atom stereocenters. The van der Waals surface area contributed by atoms with Crippen LogP contribution in [0.5, 0.6) is 0 Å². The summed E-state index contributed by atoms with van der Waals surface area (Å²) < 4.78 is 5.49. The molecule has 138 valence electrons. The van der Waals surface area contributed by atoms with Gasteiger partial charge in [-0.3, -0.25) is 0 Å². The van der Waals surface area contributed by atoms with Crippen molar-refractivity contribution in [2.24, 2.45) is 5.41 Å². The molecule has 0 bridgehead atoms. The van der Waals surface area contributed by atoms with Crippen molar-refractivity contribution >= 4 is 11.9 Å². The molecular formula is C19H30N4O2. The summed E-state index contributed by atoms with van der Waals surface area (Å²) in [5, 5.41) is 8.44. The van der Waals surface area contributed by atoms with Crippen LogP contribution >= 0.6 is 0 Å². The molecule has 3 rings (SSSR count). The lowest BCUT2D eigenvalue weighted by Gasteiger charge is -2.54. The van der Waals surface area contributed by atoms with Gasteiger partial charge in [0, 0.05) is 26.2 Å². The largest absolute Gasteiger partial charge is 0.444 e. The van der Waals surface area contributed by atoms with E-state index in [-0.39, 0.29) is 6.09 Å². The summed E-state index contributed by atoms with van der Waals surface area (Å²) in [4.78, 5) is 16.3. The van der Waals surface area contributed by atoms with Crippen LogP contribution in [0.4, 0.5) is 10.6 Å². The third-order valence-corrected chi connectivity index (χ3v) is 5.51. The molecule has 6 nitrogen and oxygen atoms in total. The van der Waals surface area contributed by atoms with Gasteiger partial charge in [0.15, 0.2) is 5.82 Å². The van der Waals surface area contributed by atoms with Crippen LogP contribution in [0.15, 0.2) is 12.1 Å². The highest BCUT2D eigenvalue weighted by atomic mass is 16.6. The van der Waals surface area contributed by atoms with E-state index in [1.54, 1.807) is 0 Å². The smallest absolute Gasteiger partial charge is 0.410 e. The lowest BCUT2D eigenvalue weighted by Crippen LogP contribution is -2.55. The van der Waals surface area contributed by atoms with Crippen molar-refractivity contribution in [3.05, 3.63) is 17.8 Å². The fraction of sp³-hybridized carbons (Fsp3) is 0.737. The maximum absolute atomic E-state index is 12.2. The molecule has 0 aromatic carbocycles. The van der Waals surface area contributed by atoms with Crippen LogP contribution < -0.4 is 4.90 Å². The molecule has 2 fully saturated rings. The van der Waals surface area contributed by atoms with E-state index < -0.39 is 5.60 Å². The Labute approximate surface area is 150 Å². The van der Waals surface area contributed by atoms with Gasteiger partial charge in [0.25, 0.3) is 0 Å². The minimum atomic E-state index is -0.425. The van der Waals surface area contributed by atoms with Crippen LogP contribution in [0.2, 0.25) is 0 Å². The number of likely N-dealkylation sites (tertiary alicyclic amines) is 1. The molecular weight excluding hydrogens is 316 g/mol. The Kier molecular flexibility index (Phi) is 4.64. The fourth-order valence-corrected chi connectivity index (χ4v) is 3.88. The number of aromatic nitrogens is 2. The number of anilines is 1. The summed E-state index contributed by atoms with van der Waals surface area (Å²) in [7, 11) is 2.10. The van der Waals surface area contributed by atoms with E-state index in [1.807, 2.05) is 44.7 Å². The van der Waals surface area contributed by atoms with Crippen molar-refractivity contribution in [2.75, 3.05) is 25.0 Å². The van der Waals surface area contributed by atoms with Gasteiger partial charge in [-0.15, -0.1) is 5.10 Å². The molecule has 0 N–H and O–H groups in total. The number of amides is 1. The molecule has 1 amide bonds. The van der Waals surface area contributed by atoms with E-state index in [2.05, 4.69) is 22.1 Å². The quantitative estimate of drug-likeness (QED) is 0.821. The maximum atomic E-state index is 12.2. The zero-order chi connectivity index (χ0) is 18.2. The van der Waals surface area contributed by atoms with E-state index in [9.17, 15) is 4.79 Å². The van der Waals surface area contributed by atoms with E-state index in [1.165, 1.54) is 12.8 Å². The Bertz CT molecular complexity index is 607. The Hall–Kier alpha value is -1.85. The van der Waals surface area contributed by atoms with Gasteiger partial charge in [0.05, 0.1) is 5.69 Å². The summed E-state index contributed by atoms with van der Waals surface area (Å²) in [6.07, 6.45) is 4.29. The Balaban J connectivity index is 1.50. The number of aryl methyl sites for hydroxylation is 1. The molecule has 1 saturated heterocycles. The van der Waals surface area contributed by atoms with E-state index in [0.717, 1.165) is 37.4 Å².